The quantitative estimate of drug-likeness (QED) is 0.126. The molecule has 4 rings (SSSR count). The minimum atomic E-state index is -1.67. The van der Waals surface area contributed by atoms with Gasteiger partial charge < -0.3 is 44.5 Å². The van der Waals surface area contributed by atoms with E-state index < -0.39 is 66.1 Å². The molecule has 3 aromatic carbocycles. The van der Waals surface area contributed by atoms with Crippen LogP contribution in [0, 0.1) is 5.92 Å². The number of aliphatic hydroxyl groups excluding tert-OH is 2. The molecular weight excluding hydrogens is 560 g/mol. The lowest BCUT2D eigenvalue weighted by molar-refractivity contribution is -0.253. The van der Waals surface area contributed by atoms with Crippen LogP contribution in [0.25, 0.3) is 6.08 Å². The number of Topliss-reactive ketones (excluding diaryl/α,β-unsaturated/α-hetero) is 1. The van der Waals surface area contributed by atoms with Crippen LogP contribution in [0.3, 0.4) is 0 Å². The summed E-state index contributed by atoms with van der Waals surface area (Å²) < 4.78 is 17.0. The number of esters is 1. The molecule has 226 valence electrons. The molecule has 5 atom stereocenters. The highest BCUT2D eigenvalue weighted by atomic mass is 16.7. The van der Waals surface area contributed by atoms with E-state index in [0.717, 1.165) is 23.3 Å². The summed E-state index contributed by atoms with van der Waals surface area (Å²) in [5, 5.41) is 50.7. The Morgan fingerprint density at radius 2 is 1.56 bits per heavy atom. The van der Waals surface area contributed by atoms with Crippen LogP contribution in [0.15, 0.2) is 72.8 Å². The Bertz CT molecular complexity index is 1440. The van der Waals surface area contributed by atoms with Crippen molar-refractivity contribution in [2.45, 2.75) is 44.4 Å². The fourth-order valence-corrected chi connectivity index (χ4v) is 4.48. The van der Waals surface area contributed by atoms with Crippen LogP contribution in [0.4, 0.5) is 0 Å². The van der Waals surface area contributed by atoms with E-state index in [4.69, 9.17) is 14.2 Å². The third kappa shape index (κ3) is 7.98. The number of rotatable bonds is 11. The van der Waals surface area contributed by atoms with Gasteiger partial charge in [0, 0.05) is 6.42 Å². The molecule has 43 heavy (non-hydrogen) atoms. The van der Waals surface area contributed by atoms with Crippen molar-refractivity contribution >= 4 is 23.6 Å². The smallest absolute Gasteiger partial charge is 0.338 e. The molecule has 1 heterocycles. The highest BCUT2D eigenvalue weighted by Gasteiger charge is 2.49. The standard InChI is InChI=1S/C32H32O11/c1-18(33)7-8-20-9-12-22(13-10-20)42-32-27(23(34)14-11-19-5-3-2-4-6-19)30(39)29(38)26(43-32)17-41-31(40)21-15-24(35)28(37)25(36)16-21/h2-6,9-16,26-27,29-30,32,35-39H,7-8,17H2,1H3. The number of phenols is 3. The molecule has 0 saturated carbocycles. The van der Waals surface area contributed by atoms with E-state index in [0.29, 0.717) is 12.8 Å². The monoisotopic (exact) mass is 592 g/mol. The van der Waals surface area contributed by atoms with Gasteiger partial charge in [-0.2, -0.15) is 0 Å². The van der Waals surface area contributed by atoms with Gasteiger partial charge in [-0.25, -0.2) is 4.79 Å². The predicted molar refractivity (Wildman–Crippen MR) is 152 cm³/mol. The van der Waals surface area contributed by atoms with Crippen molar-refractivity contribution in [3.8, 4) is 23.0 Å². The number of hydrogen-bond donors (Lipinski definition) is 5. The Balaban J connectivity index is 1.53. The number of hydrogen-bond acceptors (Lipinski definition) is 11. The van der Waals surface area contributed by atoms with Gasteiger partial charge in [-0.1, -0.05) is 48.5 Å². The summed E-state index contributed by atoms with van der Waals surface area (Å²) in [7, 11) is 0. The van der Waals surface area contributed by atoms with E-state index >= 15 is 0 Å². The molecule has 1 aliphatic rings. The van der Waals surface area contributed by atoms with E-state index in [1.165, 1.54) is 13.0 Å². The normalized spacial score (nSPS) is 21.8. The van der Waals surface area contributed by atoms with Crippen molar-refractivity contribution in [1.29, 1.82) is 0 Å². The van der Waals surface area contributed by atoms with Gasteiger partial charge in [-0.05, 0) is 54.8 Å². The van der Waals surface area contributed by atoms with Gasteiger partial charge in [-0.15, -0.1) is 0 Å². The predicted octanol–water partition coefficient (Wildman–Crippen LogP) is 2.91. The summed E-state index contributed by atoms with van der Waals surface area (Å²) in [4.78, 5) is 37.1. The summed E-state index contributed by atoms with van der Waals surface area (Å²) in [5.74, 6) is -4.93. The topological polar surface area (TPSA) is 180 Å². The van der Waals surface area contributed by atoms with E-state index in [-0.39, 0.29) is 17.1 Å². The molecule has 1 aliphatic heterocycles. The molecule has 0 bridgehead atoms. The fraction of sp³-hybridized carbons (Fsp3) is 0.281. The molecule has 11 nitrogen and oxygen atoms in total. The summed E-state index contributed by atoms with van der Waals surface area (Å²) in [6.07, 6.45) is -2.35. The third-order valence-electron chi connectivity index (χ3n) is 6.89. The van der Waals surface area contributed by atoms with Gasteiger partial charge in [0.2, 0.25) is 6.29 Å². The zero-order valence-electron chi connectivity index (χ0n) is 23.2. The first-order chi connectivity index (χ1) is 20.5. The summed E-state index contributed by atoms with van der Waals surface area (Å²) >= 11 is 0. The number of aliphatic hydroxyl groups is 2. The highest BCUT2D eigenvalue weighted by Crippen LogP contribution is 2.36. The van der Waals surface area contributed by atoms with Gasteiger partial charge in [0.1, 0.15) is 36.3 Å². The average Bonchev–Trinajstić information content (AvgIpc) is 2.99. The number of aryl methyl sites for hydroxylation is 1. The van der Waals surface area contributed by atoms with E-state index in [1.807, 2.05) is 6.07 Å². The number of allylic oxidation sites excluding steroid dienone is 1. The van der Waals surface area contributed by atoms with Crippen LogP contribution >= 0.6 is 0 Å². The van der Waals surface area contributed by atoms with E-state index in [2.05, 4.69) is 0 Å². The summed E-state index contributed by atoms with van der Waals surface area (Å²) in [6, 6.07) is 17.5. The lowest BCUT2D eigenvalue weighted by Crippen LogP contribution is -2.59. The van der Waals surface area contributed by atoms with Crippen LogP contribution in [-0.4, -0.2) is 74.3 Å². The largest absolute Gasteiger partial charge is 0.504 e. The fourth-order valence-electron chi connectivity index (χ4n) is 4.48. The molecule has 0 aromatic heterocycles. The SMILES string of the molecule is CC(=O)CCc1ccc(OC2OC(COC(=O)c3cc(O)c(O)c(O)c3)C(O)C(O)C2C(=O)C=Cc2ccccc2)cc1. The Morgan fingerprint density at radius 3 is 2.19 bits per heavy atom. The molecule has 0 amide bonds. The lowest BCUT2D eigenvalue weighted by Gasteiger charge is -2.41. The molecule has 5 N–H and O–H groups in total. The summed E-state index contributed by atoms with van der Waals surface area (Å²) in [5.41, 5.74) is 1.32. The first-order valence-corrected chi connectivity index (χ1v) is 13.5. The van der Waals surface area contributed by atoms with Crippen molar-refractivity contribution in [3.05, 3.63) is 89.5 Å². The Morgan fingerprint density at radius 1 is 0.907 bits per heavy atom. The van der Waals surface area contributed by atoms with Crippen molar-refractivity contribution < 1.29 is 54.1 Å². The van der Waals surface area contributed by atoms with Crippen molar-refractivity contribution in [3.63, 3.8) is 0 Å². The molecule has 0 aliphatic carbocycles. The van der Waals surface area contributed by atoms with Gasteiger partial charge in [0.05, 0.1) is 11.7 Å². The zero-order chi connectivity index (χ0) is 31.1. The molecule has 1 fully saturated rings. The minimum absolute atomic E-state index is 0.0548. The third-order valence-corrected chi connectivity index (χ3v) is 6.89. The van der Waals surface area contributed by atoms with Crippen molar-refractivity contribution in [1.82, 2.24) is 0 Å². The second kappa shape index (κ2) is 14.0. The zero-order valence-corrected chi connectivity index (χ0v) is 23.2. The Hall–Kier alpha value is -4.71. The Kier molecular flexibility index (Phi) is 10.1. The second-order valence-corrected chi connectivity index (χ2v) is 10.1. The van der Waals surface area contributed by atoms with Crippen molar-refractivity contribution in [2.24, 2.45) is 5.92 Å². The molecular formula is C32H32O11. The number of carbonyl (C=O) groups excluding carboxylic acids is 3. The first kappa shape index (κ1) is 31.2. The van der Waals surface area contributed by atoms with Gasteiger partial charge >= 0.3 is 5.97 Å². The van der Waals surface area contributed by atoms with Crippen LogP contribution in [0.2, 0.25) is 0 Å². The lowest BCUT2D eigenvalue weighted by atomic mass is 9.87. The number of phenolic OH excluding ortho intramolecular Hbond substituents is 3. The maximum atomic E-state index is 13.3. The molecule has 0 spiro atoms. The van der Waals surface area contributed by atoms with E-state index in [1.54, 1.807) is 54.6 Å². The number of carbonyl (C=O) groups is 3. The van der Waals surface area contributed by atoms with Crippen LogP contribution in [0.1, 0.15) is 34.8 Å². The summed E-state index contributed by atoms with van der Waals surface area (Å²) in [6.45, 7) is 0.914. The maximum absolute atomic E-state index is 13.3. The molecule has 3 aromatic rings. The van der Waals surface area contributed by atoms with Gasteiger partial charge in [0.25, 0.3) is 0 Å². The average molecular weight is 593 g/mol. The molecule has 11 heteroatoms. The number of benzene rings is 3. The number of ketones is 2. The first-order valence-electron chi connectivity index (χ1n) is 13.5. The highest BCUT2D eigenvalue weighted by molar-refractivity contribution is 5.96. The van der Waals surface area contributed by atoms with Crippen LogP contribution in [-0.2, 0) is 25.5 Å². The number of aromatic hydroxyl groups is 3. The maximum Gasteiger partial charge on any atom is 0.338 e. The number of ether oxygens (including phenoxy) is 3. The molecule has 5 unspecified atom stereocenters. The minimum Gasteiger partial charge on any atom is -0.504 e. The molecule has 0 radical (unpaired) electrons. The molecule has 1 saturated heterocycles. The second-order valence-electron chi connectivity index (χ2n) is 10.1. The Labute approximate surface area is 247 Å². The van der Waals surface area contributed by atoms with Gasteiger partial charge in [-0.3, -0.25) is 4.79 Å². The van der Waals surface area contributed by atoms with E-state index in [9.17, 15) is 39.9 Å². The van der Waals surface area contributed by atoms with Crippen molar-refractivity contribution in [2.75, 3.05) is 6.61 Å². The van der Waals surface area contributed by atoms with Gasteiger partial charge in [0.15, 0.2) is 23.0 Å². The van der Waals surface area contributed by atoms with Crippen LogP contribution < -0.4 is 4.74 Å². The van der Waals surface area contributed by atoms with Crippen LogP contribution in [0.5, 0.6) is 23.0 Å².